The summed E-state index contributed by atoms with van der Waals surface area (Å²) in [4.78, 5) is 18.7. The second-order valence-electron chi connectivity index (χ2n) is 4.56. The number of nitrogens with zero attached hydrogens (tertiary/aromatic N) is 1. The Morgan fingerprint density at radius 2 is 2.20 bits per heavy atom. The van der Waals surface area contributed by atoms with Gasteiger partial charge in [-0.25, -0.2) is 9.37 Å². The third kappa shape index (κ3) is 4.49. The van der Waals surface area contributed by atoms with Crippen LogP contribution < -0.4 is 5.56 Å². The molecule has 1 aromatic carbocycles. The maximum atomic E-state index is 13.1. The lowest BCUT2D eigenvalue weighted by Gasteiger charge is -2.04. The van der Waals surface area contributed by atoms with Crippen LogP contribution in [-0.4, -0.2) is 9.97 Å². The fourth-order valence-corrected chi connectivity index (χ4v) is 2.65. The molecule has 0 aliphatic heterocycles. The number of aromatic amines is 1. The van der Waals surface area contributed by atoms with Gasteiger partial charge in [0.05, 0.1) is 0 Å². The molecule has 3 nitrogen and oxygen atoms in total. The van der Waals surface area contributed by atoms with Gasteiger partial charge in [0.2, 0.25) is 0 Å². The zero-order valence-corrected chi connectivity index (χ0v) is 12.2. The van der Waals surface area contributed by atoms with Crippen LogP contribution in [0.1, 0.15) is 31.0 Å². The smallest absolute Gasteiger partial charge is 0.251 e. The Morgan fingerprint density at radius 1 is 1.35 bits per heavy atom. The summed E-state index contributed by atoms with van der Waals surface area (Å²) in [6.07, 6.45) is 2.90. The Balaban J connectivity index is 2.05. The highest BCUT2D eigenvalue weighted by Crippen LogP contribution is 2.19. The van der Waals surface area contributed by atoms with Crippen molar-refractivity contribution in [2.75, 3.05) is 0 Å². The lowest BCUT2D eigenvalue weighted by Crippen LogP contribution is -2.10. The van der Waals surface area contributed by atoms with E-state index in [1.165, 1.54) is 23.9 Å². The highest BCUT2D eigenvalue weighted by atomic mass is 32.2. The molecule has 0 saturated carbocycles. The molecule has 2 rings (SSSR count). The first-order valence-electron chi connectivity index (χ1n) is 6.65. The first-order valence-corrected chi connectivity index (χ1v) is 7.63. The minimum Gasteiger partial charge on any atom is -0.301 e. The first-order chi connectivity index (χ1) is 9.67. The number of unbranched alkanes of at least 4 members (excludes halogenated alkanes) is 1. The molecule has 0 aliphatic rings. The van der Waals surface area contributed by atoms with Crippen LogP contribution in [0.25, 0.3) is 0 Å². The van der Waals surface area contributed by atoms with Crippen LogP contribution in [0.5, 0.6) is 0 Å². The van der Waals surface area contributed by atoms with Gasteiger partial charge in [0.1, 0.15) is 5.82 Å². The molecule has 1 heterocycles. The SMILES string of the molecule is CCCCc1cc(=O)[nH]c(SCc2cccc(F)c2)n1. The topological polar surface area (TPSA) is 45.8 Å². The van der Waals surface area contributed by atoms with Crippen molar-refractivity contribution >= 4 is 11.8 Å². The fourth-order valence-electron chi connectivity index (χ4n) is 1.82. The van der Waals surface area contributed by atoms with E-state index in [1.54, 1.807) is 12.1 Å². The Labute approximate surface area is 121 Å². The van der Waals surface area contributed by atoms with Crippen LogP contribution in [-0.2, 0) is 12.2 Å². The highest BCUT2D eigenvalue weighted by molar-refractivity contribution is 7.98. The second-order valence-corrected chi connectivity index (χ2v) is 5.53. The summed E-state index contributed by atoms with van der Waals surface area (Å²) < 4.78 is 13.1. The van der Waals surface area contributed by atoms with Gasteiger partial charge in [0.25, 0.3) is 5.56 Å². The zero-order valence-electron chi connectivity index (χ0n) is 11.4. The predicted octanol–water partition coefficient (Wildman–Crippen LogP) is 3.54. The summed E-state index contributed by atoms with van der Waals surface area (Å²) >= 11 is 1.41. The average molecular weight is 292 g/mol. The fraction of sp³-hybridized carbons (Fsp3) is 0.333. The average Bonchev–Trinajstić information content (AvgIpc) is 2.42. The minimum atomic E-state index is -0.249. The third-order valence-corrected chi connectivity index (χ3v) is 3.77. The molecule has 1 N–H and O–H groups in total. The number of hydrogen-bond donors (Lipinski definition) is 1. The van der Waals surface area contributed by atoms with E-state index < -0.39 is 0 Å². The van der Waals surface area contributed by atoms with Crippen LogP contribution in [0.3, 0.4) is 0 Å². The van der Waals surface area contributed by atoms with Gasteiger partial charge in [-0.1, -0.05) is 37.2 Å². The van der Waals surface area contributed by atoms with Gasteiger partial charge < -0.3 is 4.98 Å². The monoisotopic (exact) mass is 292 g/mol. The Bertz CT molecular complexity index is 627. The molecular weight excluding hydrogens is 275 g/mol. The normalized spacial score (nSPS) is 10.7. The number of thioether (sulfide) groups is 1. The summed E-state index contributed by atoms with van der Waals surface area (Å²) in [5.41, 5.74) is 1.56. The quantitative estimate of drug-likeness (QED) is 0.654. The van der Waals surface area contributed by atoms with Gasteiger partial charge in [-0.2, -0.15) is 0 Å². The lowest BCUT2D eigenvalue weighted by molar-refractivity contribution is 0.626. The molecule has 0 atom stereocenters. The zero-order chi connectivity index (χ0) is 14.4. The van der Waals surface area contributed by atoms with Crippen LogP contribution in [0.15, 0.2) is 40.3 Å². The van der Waals surface area contributed by atoms with Crippen molar-refractivity contribution in [2.45, 2.75) is 37.1 Å². The molecule has 2 aromatic rings. The molecule has 0 saturated heterocycles. The number of H-pyrrole nitrogens is 1. The van der Waals surface area contributed by atoms with Crippen molar-refractivity contribution in [3.05, 3.63) is 57.8 Å². The molecule has 5 heteroatoms. The number of rotatable bonds is 6. The predicted molar refractivity (Wildman–Crippen MR) is 79.4 cm³/mol. The first kappa shape index (κ1) is 14.8. The van der Waals surface area contributed by atoms with Gasteiger partial charge in [-0.05, 0) is 30.5 Å². The molecule has 0 fully saturated rings. The number of aromatic nitrogens is 2. The van der Waals surface area contributed by atoms with Crippen LogP contribution in [0.4, 0.5) is 4.39 Å². The van der Waals surface area contributed by atoms with Gasteiger partial charge in [0, 0.05) is 17.5 Å². The molecule has 0 unspecified atom stereocenters. The number of nitrogens with one attached hydrogen (secondary N) is 1. The second kappa shape index (κ2) is 7.24. The molecule has 20 heavy (non-hydrogen) atoms. The number of hydrogen-bond acceptors (Lipinski definition) is 3. The standard InChI is InChI=1S/C15H17FN2OS/c1-2-3-7-13-9-14(19)18-15(17-13)20-10-11-5-4-6-12(16)8-11/h4-6,8-9H,2-3,7,10H2,1H3,(H,17,18,19). The summed E-state index contributed by atoms with van der Waals surface area (Å²) in [6, 6.07) is 7.99. The highest BCUT2D eigenvalue weighted by Gasteiger charge is 2.03. The van der Waals surface area contributed by atoms with Crippen molar-refractivity contribution < 1.29 is 4.39 Å². The maximum absolute atomic E-state index is 13.1. The van der Waals surface area contributed by atoms with Crippen molar-refractivity contribution in [3.8, 4) is 0 Å². The van der Waals surface area contributed by atoms with Gasteiger partial charge in [-0.3, -0.25) is 4.79 Å². The van der Waals surface area contributed by atoms with E-state index in [-0.39, 0.29) is 11.4 Å². The third-order valence-electron chi connectivity index (χ3n) is 2.82. The Kier molecular flexibility index (Phi) is 5.35. The molecule has 0 radical (unpaired) electrons. The summed E-state index contributed by atoms with van der Waals surface area (Å²) in [7, 11) is 0. The minimum absolute atomic E-state index is 0.132. The lowest BCUT2D eigenvalue weighted by atomic mass is 10.2. The largest absolute Gasteiger partial charge is 0.301 e. The van der Waals surface area contributed by atoms with Crippen molar-refractivity contribution in [3.63, 3.8) is 0 Å². The van der Waals surface area contributed by atoms with E-state index in [2.05, 4.69) is 16.9 Å². The number of halogens is 1. The van der Waals surface area contributed by atoms with E-state index in [0.717, 1.165) is 30.5 Å². The number of benzene rings is 1. The summed E-state index contributed by atoms with van der Waals surface area (Å²) in [6.45, 7) is 2.10. The number of aryl methyl sites for hydroxylation is 1. The molecule has 0 spiro atoms. The summed E-state index contributed by atoms with van der Waals surface area (Å²) in [5.74, 6) is 0.332. The molecule has 0 amide bonds. The van der Waals surface area contributed by atoms with E-state index in [9.17, 15) is 9.18 Å². The Hall–Kier alpha value is -1.62. The molecule has 0 bridgehead atoms. The molecular formula is C15H17FN2OS. The van der Waals surface area contributed by atoms with E-state index >= 15 is 0 Å². The van der Waals surface area contributed by atoms with Crippen molar-refractivity contribution in [1.29, 1.82) is 0 Å². The van der Waals surface area contributed by atoms with Gasteiger partial charge in [-0.15, -0.1) is 0 Å². The van der Waals surface area contributed by atoms with Crippen molar-refractivity contribution in [1.82, 2.24) is 9.97 Å². The van der Waals surface area contributed by atoms with E-state index in [1.807, 2.05) is 6.07 Å². The van der Waals surface area contributed by atoms with E-state index in [4.69, 9.17) is 0 Å². The van der Waals surface area contributed by atoms with Gasteiger partial charge >= 0.3 is 0 Å². The summed E-state index contributed by atoms with van der Waals surface area (Å²) in [5, 5.41) is 0.591. The van der Waals surface area contributed by atoms with Crippen LogP contribution in [0.2, 0.25) is 0 Å². The molecule has 106 valence electrons. The van der Waals surface area contributed by atoms with Gasteiger partial charge in [0.15, 0.2) is 5.16 Å². The molecule has 1 aromatic heterocycles. The van der Waals surface area contributed by atoms with Crippen LogP contribution in [0, 0.1) is 5.82 Å². The van der Waals surface area contributed by atoms with E-state index in [0.29, 0.717) is 10.9 Å². The van der Waals surface area contributed by atoms with Crippen molar-refractivity contribution in [2.24, 2.45) is 0 Å². The Morgan fingerprint density at radius 3 is 2.95 bits per heavy atom. The molecule has 0 aliphatic carbocycles. The maximum Gasteiger partial charge on any atom is 0.251 e. The van der Waals surface area contributed by atoms with Crippen LogP contribution >= 0.6 is 11.8 Å².